The van der Waals surface area contributed by atoms with Gasteiger partial charge in [-0.1, -0.05) is 18.2 Å². The van der Waals surface area contributed by atoms with Crippen molar-refractivity contribution in [3.05, 3.63) is 54.1 Å². The molecule has 0 spiro atoms. The largest absolute Gasteiger partial charge is 0.493 e. The highest BCUT2D eigenvalue weighted by Crippen LogP contribution is 2.28. The molecule has 1 aliphatic heterocycles. The summed E-state index contributed by atoms with van der Waals surface area (Å²) in [7, 11) is -0.543. The fourth-order valence-corrected chi connectivity index (χ4v) is 5.06. The first-order chi connectivity index (χ1) is 13.5. The summed E-state index contributed by atoms with van der Waals surface area (Å²) in [5.74, 6) is 0.712. The van der Waals surface area contributed by atoms with Gasteiger partial charge in [0.2, 0.25) is 10.0 Å². The van der Waals surface area contributed by atoms with Crippen LogP contribution in [-0.2, 0) is 10.0 Å². The van der Waals surface area contributed by atoms with Crippen molar-refractivity contribution in [1.29, 1.82) is 0 Å². The number of benzene rings is 2. The highest BCUT2D eigenvalue weighted by Gasteiger charge is 2.35. The lowest BCUT2D eigenvalue weighted by Gasteiger charge is -2.24. The van der Waals surface area contributed by atoms with E-state index < -0.39 is 10.0 Å². The van der Waals surface area contributed by atoms with Crippen LogP contribution in [0.25, 0.3) is 0 Å². The van der Waals surface area contributed by atoms with E-state index in [1.54, 1.807) is 48.5 Å². The summed E-state index contributed by atoms with van der Waals surface area (Å²) < 4.78 is 37.7. The molecule has 1 amide bonds. The number of nitrogens with zero attached hydrogens (tertiary/aromatic N) is 1. The van der Waals surface area contributed by atoms with Crippen LogP contribution < -0.4 is 14.8 Å². The maximum absolute atomic E-state index is 12.9. The normalized spacial score (nSPS) is 17.3. The fraction of sp³-hybridized carbons (Fsp3) is 0.350. The lowest BCUT2D eigenvalue weighted by atomic mass is 10.1. The number of sulfonamides is 1. The predicted molar refractivity (Wildman–Crippen MR) is 105 cm³/mol. The second kappa shape index (κ2) is 8.62. The minimum absolute atomic E-state index is 0.249. The summed E-state index contributed by atoms with van der Waals surface area (Å²) >= 11 is 0. The van der Waals surface area contributed by atoms with Crippen LogP contribution in [0, 0.1) is 0 Å². The van der Waals surface area contributed by atoms with Crippen LogP contribution in [0.4, 0.5) is 0 Å². The van der Waals surface area contributed by atoms with Crippen molar-refractivity contribution in [2.24, 2.45) is 0 Å². The average Bonchev–Trinajstić information content (AvgIpc) is 3.21. The Bertz CT molecular complexity index is 931. The second-order valence-electron chi connectivity index (χ2n) is 6.50. The summed E-state index contributed by atoms with van der Waals surface area (Å²) in [6.45, 7) is 0.702. The summed E-state index contributed by atoms with van der Waals surface area (Å²) in [5.41, 5.74) is 0.424. The Balaban J connectivity index is 1.69. The minimum Gasteiger partial charge on any atom is -0.493 e. The van der Waals surface area contributed by atoms with Gasteiger partial charge in [0.15, 0.2) is 11.5 Å². The van der Waals surface area contributed by atoms with E-state index in [1.807, 2.05) is 0 Å². The Morgan fingerprint density at radius 1 is 1.11 bits per heavy atom. The first-order valence-electron chi connectivity index (χ1n) is 9.04. The van der Waals surface area contributed by atoms with E-state index in [4.69, 9.17) is 9.47 Å². The van der Waals surface area contributed by atoms with E-state index in [0.717, 1.165) is 6.42 Å². The van der Waals surface area contributed by atoms with Gasteiger partial charge in [0.25, 0.3) is 5.91 Å². The van der Waals surface area contributed by atoms with Crippen molar-refractivity contribution in [2.45, 2.75) is 23.8 Å². The van der Waals surface area contributed by atoms with Crippen LogP contribution in [0.1, 0.15) is 23.2 Å². The summed E-state index contributed by atoms with van der Waals surface area (Å²) in [4.78, 5) is 12.8. The van der Waals surface area contributed by atoms with Gasteiger partial charge < -0.3 is 14.8 Å². The fourth-order valence-electron chi connectivity index (χ4n) is 3.35. The zero-order valence-corrected chi connectivity index (χ0v) is 16.7. The molecule has 2 aromatic rings. The molecule has 150 valence electrons. The van der Waals surface area contributed by atoms with Crippen LogP contribution in [-0.4, -0.2) is 52.0 Å². The molecular formula is C20H24N2O5S. The molecule has 0 saturated carbocycles. The molecular weight excluding hydrogens is 380 g/mol. The molecule has 7 nitrogen and oxygen atoms in total. The molecule has 0 aliphatic carbocycles. The molecule has 8 heteroatoms. The lowest BCUT2D eigenvalue weighted by Crippen LogP contribution is -2.43. The zero-order chi connectivity index (χ0) is 20.1. The third-order valence-electron chi connectivity index (χ3n) is 4.82. The molecule has 1 atom stereocenters. The first kappa shape index (κ1) is 20.2. The van der Waals surface area contributed by atoms with E-state index >= 15 is 0 Å². The van der Waals surface area contributed by atoms with Crippen LogP contribution in [0.2, 0.25) is 0 Å². The Morgan fingerprint density at radius 2 is 1.82 bits per heavy atom. The van der Waals surface area contributed by atoms with Crippen LogP contribution in [0.5, 0.6) is 11.5 Å². The predicted octanol–water partition coefficient (Wildman–Crippen LogP) is 2.29. The summed E-state index contributed by atoms with van der Waals surface area (Å²) in [5, 5.41) is 2.84. The van der Waals surface area contributed by atoms with Gasteiger partial charge in [-0.2, -0.15) is 4.31 Å². The third-order valence-corrected chi connectivity index (χ3v) is 6.78. The number of nitrogens with one attached hydrogen (secondary N) is 1. The first-order valence-corrected chi connectivity index (χ1v) is 10.5. The topological polar surface area (TPSA) is 84.9 Å². The number of hydrogen-bond donors (Lipinski definition) is 1. The van der Waals surface area contributed by atoms with Crippen molar-refractivity contribution >= 4 is 15.9 Å². The highest BCUT2D eigenvalue weighted by atomic mass is 32.2. The van der Waals surface area contributed by atoms with Gasteiger partial charge in [-0.25, -0.2) is 8.42 Å². The van der Waals surface area contributed by atoms with Gasteiger partial charge in [-0.05, 0) is 43.2 Å². The summed E-state index contributed by atoms with van der Waals surface area (Å²) in [6.07, 6.45) is 1.47. The van der Waals surface area contributed by atoms with Crippen LogP contribution in [0.3, 0.4) is 0 Å². The number of amides is 1. The molecule has 0 aromatic heterocycles. The van der Waals surface area contributed by atoms with Crippen molar-refractivity contribution in [1.82, 2.24) is 9.62 Å². The van der Waals surface area contributed by atoms with Crippen molar-refractivity contribution in [3.63, 3.8) is 0 Å². The SMILES string of the molecule is COc1ccc(C(=O)NC[C@@H]2CCCN2S(=O)(=O)c2ccccc2)cc1OC. The molecule has 0 bridgehead atoms. The van der Waals surface area contributed by atoms with Crippen LogP contribution >= 0.6 is 0 Å². The molecule has 1 heterocycles. The van der Waals surface area contributed by atoms with E-state index in [0.29, 0.717) is 30.0 Å². The molecule has 1 N–H and O–H groups in total. The molecule has 1 aliphatic rings. The number of ether oxygens (including phenoxy) is 2. The van der Waals surface area contributed by atoms with E-state index in [1.165, 1.54) is 18.5 Å². The van der Waals surface area contributed by atoms with Crippen molar-refractivity contribution < 1.29 is 22.7 Å². The molecule has 0 unspecified atom stereocenters. The smallest absolute Gasteiger partial charge is 0.251 e. The lowest BCUT2D eigenvalue weighted by molar-refractivity contribution is 0.0946. The molecule has 2 aromatic carbocycles. The van der Waals surface area contributed by atoms with Gasteiger partial charge in [-0.15, -0.1) is 0 Å². The number of hydrogen-bond acceptors (Lipinski definition) is 5. The van der Waals surface area contributed by atoms with Gasteiger partial charge in [0.05, 0.1) is 19.1 Å². The Morgan fingerprint density at radius 3 is 2.50 bits per heavy atom. The second-order valence-corrected chi connectivity index (χ2v) is 8.40. The van der Waals surface area contributed by atoms with E-state index in [2.05, 4.69) is 5.32 Å². The summed E-state index contributed by atoms with van der Waals surface area (Å²) in [6, 6.07) is 13.0. The quantitative estimate of drug-likeness (QED) is 0.765. The molecule has 0 radical (unpaired) electrons. The maximum Gasteiger partial charge on any atom is 0.251 e. The Hall–Kier alpha value is -2.58. The molecule has 1 saturated heterocycles. The zero-order valence-electron chi connectivity index (χ0n) is 15.9. The van der Waals surface area contributed by atoms with Gasteiger partial charge in [0.1, 0.15) is 0 Å². The number of methoxy groups -OCH3 is 2. The van der Waals surface area contributed by atoms with E-state index in [-0.39, 0.29) is 23.4 Å². The van der Waals surface area contributed by atoms with Crippen molar-refractivity contribution in [3.8, 4) is 11.5 Å². The monoisotopic (exact) mass is 404 g/mol. The van der Waals surface area contributed by atoms with E-state index in [9.17, 15) is 13.2 Å². The maximum atomic E-state index is 12.9. The molecule has 3 rings (SSSR count). The number of carbonyl (C=O) groups excluding carboxylic acids is 1. The standard InChI is InChI=1S/C20H24N2O5S/c1-26-18-11-10-15(13-19(18)27-2)20(23)21-14-16-7-6-12-22(16)28(24,25)17-8-4-3-5-9-17/h3-5,8-11,13,16H,6-7,12,14H2,1-2H3,(H,21,23)/t16-/m0/s1. The van der Waals surface area contributed by atoms with Gasteiger partial charge in [0, 0.05) is 24.7 Å². The highest BCUT2D eigenvalue weighted by molar-refractivity contribution is 7.89. The minimum atomic E-state index is -3.57. The van der Waals surface area contributed by atoms with Crippen molar-refractivity contribution in [2.75, 3.05) is 27.3 Å². The molecule has 1 fully saturated rings. The third kappa shape index (κ3) is 4.13. The number of carbonyl (C=O) groups is 1. The van der Waals surface area contributed by atoms with Gasteiger partial charge in [-0.3, -0.25) is 4.79 Å². The Kier molecular flexibility index (Phi) is 6.21. The molecule has 28 heavy (non-hydrogen) atoms. The Labute approximate surface area is 165 Å². The van der Waals surface area contributed by atoms with Crippen LogP contribution in [0.15, 0.2) is 53.4 Å². The average molecular weight is 404 g/mol. The number of rotatable bonds is 7. The van der Waals surface area contributed by atoms with Gasteiger partial charge >= 0.3 is 0 Å².